The third-order valence-corrected chi connectivity index (χ3v) is 3.67. The number of aliphatic hydroxyl groups excluding tert-OH is 2. The van der Waals surface area contributed by atoms with E-state index in [0.717, 1.165) is 38.4 Å². The van der Waals surface area contributed by atoms with Gasteiger partial charge in [0.05, 0.1) is 12.2 Å². The summed E-state index contributed by atoms with van der Waals surface area (Å²) in [4.78, 5) is 10.8. The predicted octanol–water partition coefficient (Wildman–Crippen LogP) is 1.19. The molecular formula is C12H18O3. The van der Waals surface area contributed by atoms with Crippen LogP contribution in [0.2, 0.25) is 0 Å². The lowest BCUT2D eigenvalue weighted by Gasteiger charge is -2.23. The molecule has 0 spiro atoms. The first-order valence-corrected chi connectivity index (χ1v) is 5.72. The van der Waals surface area contributed by atoms with Crippen LogP contribution in [0.3, 0.4) is 0 Å². The molecule has 0 radical (unpaired) electrons. The van der Waals surface area contributed by atoms with Gasteiger partial charge in [0, 0.05) is 5.92 Å². The van der Waals surface area contributed by atoms with Crippen LogP contribution in [0.5, 0.6) is 0 Å². The first-order valence-electron chi connectivity index (χ1n) is 5.72. The lowest BCUT2D eigenvalue weighted by Crippen LogP contribution is -2.21. The van der Waals surface area contributed by atoms with Crippen molar-refractivity contribution < 1.29 is 15.0 Å². The van der Waals surface area contributed by atoms with Crippen LogP contribution in [-0.2, 0) is 4.79 Å². The fourth-order valence-electron chi connectivity index (χ4n) is 2.67. The fraction of sp³-hybridized carbons (Fsp3) is 0.750. The topological polar surface area (TPSA) is 57.5 Å². The first kappa shape index (κ1) is 10.8. The highest BCUT2D eigenvalue weighted by Gasteiger charge is 2.28. The van der Waals surface area contributed by atoms with Crippen molar-refractivity contribution in [3.8, 4) is 0 Å². The SMILES string of the molecule is O=CC1CCC2=C(CCC(O)C2)CC1O. The minimum absolute atomic E-state index is 0.214. The average Bonchev–Trinajstić information content (AvgIpc) is 2.36. The summed E-state index contributed by atoms with van der Waals surface area (Å²) in [7, 11) is 0. The summed E-state index contributed by atoms with van der Waals surface area (Å²) < 4.78 is 0. The van der Waals surface area contributed by atoms with Crippen molar-refractivity contribution in [2.75, 3.05) is 0 Å². The number of hydrogen-bond donors (Lipinski definition) is 2. The molecule has 0 saturated heterocycles. The molecule has 2 aliphatic carbocycles. The van der Waals surface area contributed by atoms with Gasteiger partial charge in [-0.1, -0.05) is 11.1 Å². The Morgan fingerprint density at radius 2 is 1.73 bits per heavy atom. The van der Waals surface area contributed by atoms with E-state index in [2.05, 4.69) is 0 Å². The average molecular weight is 210 g/mol. The number of aliphatic hydroxyl groups is 2. The second kappa shape index (κ2) is 4.45. The van der Waals surface area contributed by atoms with Gasteiger partial charge in [0.15, 0.2) is 0 Å². The van der Waals surface area contributed by atoms with Crippen molar-refractivity contribution in [3.05, 3.63) is 11.1 Å². The molecule has 0 amide bonds. The summed E-state index contributed by atoms with van der Waals surface area (Å²) in [5.41, 5.74) is 2.58. The molecule has 0 aliphatic heterocycles. The highest BCUT2D eigenvalue weighted by atomic mass is 16.3. The Hall–Kier alpha value is -0.670. The number of carbonyl (C=O) groups excluding carboxylic acids is 1. The summed E-state index contributed by atoms with van der Waals surface area (Å²) >= 11 is 0. The Balaban J connectivity index is 2.12. The second-order valence-electron chi connectivity index (χ2n) is 4.71. The minimum atomic E-state index is -0.509. The summed E-state index contributed by atoms with van der Waals surface area (Å²) in [6.45, 7) is 0. The van der Waals surface area contributed by atoms with Gasteiger partial charge in [0.2, 0.25) is 0 Å². The van der Waals surface area contributed by atoms with Gasteiger partial charge in [-0.05, 0) is 38.5 Å². The van der Waals surface area contributed by atoms with E-state index in [9.17, 15) is 15.0 Å². The number of aldehydes is 1. The van der Waals surface area contributed by atoms with Crippen LogP contribution in [0.15, 0.2) is 11.1 Å². The number of hydrogen-bond acceptors (Lipinski definition) is 3. The van der Waals surface area contributed by atoms with E-state index in [0.29, 0.717) is 6.42 Å². The molecule has 0 aromatic rings. The van der Waals surface area contributed by atoms with Crippen LogP contribution < -0.4 is 0 Å². The van der Waals surface area contributed by atoms with Gasteiger partial charge in [-0.15, -0.1) is 0 Å². The summed E-state index contributed by atoms with van der Waals surface area (Å²) in [6, 6.07) is 0. The van der Waals surface area contributed by atoms with Crippen molar-refractivity contribution >= 4 is 6.29 Å². The van der Waals surface area contributed by atoms with E-state index in [-0.39, 0.29) is 12.0 Å². The molecule has 2 rings (SSSR count). The fourth-order valence-corrected chi connectivity index (χ4v) is 2.67. The molecule has 2 N–H and O–H groups in total. The molecule has 3 heteroatoms. The molecule has 0 fully saturated rings. The predicted molar refractivity (Wildman–Crippen MR) is 56.3 cm³/mol. The molecule has 15 heavy (non-hydrogen) atoms. The molecule has 84 valence electrons. The monoisotopic (exact) mass is 210 g/mol. The van der Waals surface area contributed by atoms with E-state index in [1.165, 1.54) is 11.1 Å². The maximum atomic E-state index is 10.8. The van der Waals surface area contributed by atoms with Gasteiger partial charge >= 0.3 is 0 Å². The zero-order chi connectivity index (χ0) is 10.8. The smallest absolute Gasteiger partial charge is 0.125 e. The van der Waals surface area contributed by atoms with Crippen LogP contribution in [0.4, 0.5) is 0 Å². The maximum absolute atomic E-state index is 10.8. The molecule has 0 aromatic heterocycles. The van der Waals surface area contributed by atoms with Crippen LogP contribution in [-0.4, -0.2) is 28.7 Å². The quantitative estimate of drug-likeness (QED) is 0.505. The Morgan fingerprint density at radius 1 is 1.07 bits per heavy atom. The Bertz CT molecular complexity index is 283. The normalized spacial score (nSPS) is 37.1. The minimum Gasteiger partial charge on any atom is -0.393 e. The number of rotatable bonds is 1. The molecule has 2 aliphatic rings. The van der Waals surface area contributed by atoms with Crippen molar-refractivity contribution in [3.63, 3.8) is 0 Å². The number of carbonyl (C=O) groups is 1. The van der Waals surface area contributed by atoms with Crippen molar-refractivity contribution in [1.29, 1.82) is 0 Å². The molecular weight excluding hydrogens is 192 g/mol. The van der Waals surface area contributed by atoms with E-state index >= 15 is 0 Å². The van der Waals surface area contributed by atoms with E-state index in [1.54, 1.807) is 0 Å². The zero-order valence-corrected chi connectivity index (χ0v) is 8.85. The standard InChI is InChI=1S/C12H18O3/c13-7-10-2-1-8-5-11(14)4-3-9(8)6-12(10)15/h7,10-12,14-15H,1-6H2. The molecule has 0 heterocycles. The van der Waals surface area contributed by atoms with Gasteiger partial charge in [0.25, 0.3) is 0 Å². The van der Waals surface area contributed by atoms with Crippen LogP contribution in [0, 0.1) is 5.92 Å². The van der Waals surface area contributed by atoms with Crippen LogP contribution in [0.25, 0.3) is 0 Å². The van der Waals surface area contributed by atoms with E-state index in [1.807, 2.05) is 0 Å². The van der Waals surface area contributed by atoms with Gasteiger partial charge in [0.1, 0.15) is 6.29 Å². The third-order valence-electron chi connectivity index (χ3n) is 3.67. The van der Waals surface area contributed by atoms with Crippen molar-refractivity contribution in [1.82, 2.24) is 0 Å². The zero-order valence-electron chi connectivity index (χ0n) is 8.85. The molecule has 0 aromatic carbocycles. The Morgan fingerprint density at radius 3 is 2.47 bits per heavy atom. The van der Waals surface area contributed by atoms with Gasteiger partial charge in [-0.25, -0.2) is 0 Å². The lowest BCUT2D eigenvalue weighted by molar-refractivity contribution is -0.114. The van der Waals surface area contributed by atoms with Gasteiger partial charge in [-0.3, -0.25) is 0 Å². The molecule has 3 unspecified atom stereocenters. The third kappa shape index (κ3) is 2.29. The van der Waals surface area contributed by atoms with Gasteiger partial charge < -0.3 is 15.0 Å². The highest BCUT2D eigenvalue weighted by molar-refractivity contribution is 5.55. The summed E-state index contributed by atoms with van der Waals surface area (Å²) in [6.07, 6.45) is 4.82. The van der Waals surface area contributed by atoms with Crippen LogP contribution >= 0.6 is 0 Å². The van der Waals surface area contributed by atoms with Crippen molar-refractivity contribution in [2.45, 2.75) is 50.7 Å². The van der Waals surface area contributed by atoms with Gasteiger partial charge in [-0.2, -0.15) is 0 Å². The second-order valence-corrected chi connectivity index (χ2v) is 4.71. The molecule has 3 nitrogen and oxygen atoms in total. The maximum Gasteiger partial charge on any atom is 0.125 e. The highest BCUT2D eigenvalue weighted by Crippen LogP contribution is 2.36. The Kier molecular flexibility index (Phi) is 3.22. The van der Waals surface area contributed by atoms with Crippen LogP contribution in [0.1, 0.15) is 38.5 Å². The molecule has 3 atom stereocenters. The molecule has 0 bridgehead atoms. The van der Waals surface area contributed by atoms with E-state index < -0.39 is 6.10 Å². The Labute approximate surface area is 89.8 Å². The first-order chi connectivity index (χ1) is 7.20. The summed E-state index contributed by atoms with van der Waals surface area (Å²) in [5.74, 6) is -0.215. The lowest BCUT2D eigenvalue weighted by atomic mass is 9.87. The van der Waals surface area contributed by atoms with E-state index in [4.69, 9.17) is 0 Å². The summed E-state index contributed by atoms with van der Waals surface area (Å²) in [5, 5.41) is 19.4. The largest absolute Gasteiger partial charge is 0.393 e. The molecule has 0 saturated carbocycles. The van der Waals surface area contributed by atoms with Crippen molar-refractivity contribution in [2.24, 2.45) is 5.92 Å².